The van der Waals surface area contributed by atoms with Crippen LogP contribution < -0.4 is 5.32 Å². The number of halogens is 2. The van der Waals surface area contributed by atoms with Crippen molar-refractivity contribution in [3.8, 4) is 0 Å². The van der Waals surface area contributed by atoms with E-state index < -0.39 is 17.5 Å². The molecule has 28 heavy (non-hydrogen) atoms. The van der Waals surface area contributed by atoms with Gasteiger partial charge in [0, 0.05) is 29.6 Å². The summed E-state index contributed by atoms with van der Waals surface area (Å²) in [7, 11) is 0. The van der Waals surface area contributed by atoms with E-state index in [4.69, 9.17) is 4.74 Å². The molecular weight excluding hydrogens is 386 g/mol. The Hall–Kier alpha value is -2.32. The van der Waals surface area contributed by atoms with Crippen LogP contribution in [-0.2, 0) is 17.6 Å². The monoisotopic (exact) mass is 406 g/mol. The lowest BCUT2D eigenvalue weighted by Crippen LogP contribution is -2.41. The lowest BCUT2D eigenvalue weighted by atomic mass is 9.95. The predicted molar refractivity (Wildman–Crippen MR) is 102 cm³/mol. The summed E-state index contributed by atoms with van der Waals surface area (Å²) in [5.41, 5.74) is 1.40. The quantitative estimate of drug-likeness (QED) is 0.847. The lowest BCUT2D eigenvalue weighted by Gasteiger charge is -2.27. The standard InChI is InChI=1S/C20H20F2N2O3S/c21-13-9-12(10-14(22)11-13)18(25)23-19-17(15-3-1-2-4-16(15)28-19)20(26)24-5-7-27-8-6-24/h9-11H,1-8H2,(H,23,25). The zero-order valence-electron chi connectivity index (χ0n) is 15.2. The Balaban J connectivity index is 1.67. The molecule has 8 heteroatoms. The highest BCUT2D eigenvalue weighted by molar-refractivity contribution is 7.17. The Morgan fingerprint density at radius 3 is 2.43 bits per heavy atom. The molecule has 148 valence electrons. The lowest BCUT2D eigenvalue weighted by molar-refractivity contribution is 0.0303. The minimum Gasteiger partial charge on any atom is -0.378 e. The van der Waals surface area contributed by atoms with Crippen molar-refractivity contribution in [2.24, 2.45) is 0 Å². The molecule has 0 atom stereocenters. The number of fused-ring (bicyclic) bond motifs is 1. The fourth-order valence-corrected chi connectivity index (χ4v) is 4.94. The van der Waals surface area contributed by atoms with Crippen molar-refractivity contribution in [1.82, 2.24) is 4.90 Å². The Labute approximate surface area is 165 Å². The first-order valence-electron chi connectivity index (χ1n) is 9.32. The summed E-state index contributed by atoms with van der Waals surface area (Å²) in [4.78, 5) is 28.6. The molecule has 1 aromatic carbocycles. The molecule has 0 spiro atoms. The smallest absolute Gasteiger partial charge is 0.257 e. The minimum atomic E-state index is -0.819. The molecule has 0 saturated carbocycles. The zero-order chi connectivity index (χ0) is 19.7. The van der Waals surface area contributed by atoms with Crippen LogP contribution in [0.4, 0.5) is 13.8 Å². The molecule has 1 saturated heterocycles. The number of rotatable bonds is 3. The van der Waals surface area contributed by atoms with E-state index in [9.17, 15) is 18.4 Å². The van der Waals surface area contributed by atoms with Crippen molar-refractivity contribution in [3.05, 3.63) is 51.4 Å². The molecule has 2 amide bonds. The molecule has 0 unspecified atom stereocenters. The number of aryl methyl sites for hydroxylation is 1. The van der Waals surface area contributed by atoms with Gasteiger partial charge in [0.15, 0.2) is 0 Å². The fourth-order valence-electron chi connectivity index (χ4n) is 3.66. The number of thiophene rings is 1. The SMILES string of the molecule is O=C(Nc1sc2c(c1C(=O)N1CCOCC1)CCCC2)c1cc(F)cc(F)c1. The molecule has 0 bridgehead atoms. The second-order valence-electron chi connectivity index (χ2n) is 6.93. The number of nitrogens with one attached hydrogen (secondary N) is 1. The first-order chi connectivity index (χ1) is 13.5. The molecule has 1 fully saturated rings. The number of hydrogen-bond acceptors (Lipinski definition) is 4. The Morgan fingerprint density at radius 2 is 1.71 bits per heavy atom. The number of amides is 2. The number of benzene rings is 1. The summed E-state index contributed by atoms with van der Waals surface area (Å²) in [5.74, 6) is -2.39. The van der Waals surface area contributed by atoms with E-state index in [1.807, 2.05) is 0 Å². The van der Waals surface area contributed by atoms with Gasteiger partial charge in [-0.2, -0.15) is 0 Å². The Kier molecular flexibility index (Phi) is 5.41. The highest BCUT2D eigenvalue weighted by Crippen LogP contribution is 2.39. The van der Waals surface area contributed by atoms with Crippen LogP contribution in [-0.4, -0.2) is 43.0 Å². The highest BCUT2D eigenvalue weighted by Gasteiger charge is 2.30. The molecule has 1 aliphatic carbocycles. The van der Waals surface area contributed by atoms with E-state index in [1.165, 1.54) is 11.3 Å². The largest absolute Gasteiger partial charge is 0.378 e. The molecule has 1 aliphatic heterocycles. The van der Waals surface area contributed by atoms with Gasteiger partial charge in [-0.1, -0.05) is 0 Å². The van der Waals surface area contributed by atoms with Crippen LogP contribution in [0.15, 0.2) is 18.2 Å². The first-order valence-corrected chi connectivity index (χ1v) is 10.1. The zero-order valence-corrected chi connectivity index (χ0v) is 16.0. The van der Waals surface area contributed by atoms with Gasteiger partial charge < -0.3 is 15.0 Å². The van der Waals surface area contributed by atoms with E-state index in [-0.39, 0.29) is 11.5 Å². The van der Waals surface area contributed by atoms with Gasteiger partial charge in [-0.15, -0.1) is 11.3 Å². The van der Waals surface area contributed by atoms with Gasteiger partial charge in [-0.05, 0) is 43.4 Å². The van der Waals surface area contributed by atoms with Crippen molar-refractivity contribution < 1.29 is 23.1 Å². The van der Waals surface area contributed by atoms with Crippen molar-refractivity contribution in [2.45, 2.75) is 25.7 Å². The molecule has 2 aromatic rings. The molecule has 4 rings (SSSR count). The van der Waals surface area contributed by atoms with Crippen LogP contribution in [0.25, 0.3) is 0 Å². The van der Waals surface area contributed by atoms with Gasteiger partial charge in [0.1, 0.15) is 16.6 Å². The third kappa shape index (κ3) is 3.79. The third-order valence-electron chi connectivity index (χ3n) is 5.04. The average Bonchev–Trinajstić information content (AvgIpc) is 3.05. The number of anilines is 1. The van der Waals surface area contributed by atoms with Crippen molar-refractivity contribution in [1.29, 1.82) is 0 Å². The van der Waals surface area contributed by atoms with Crippen LogP contribution >= 0.6 is 11.3 Å². The minimum absolute atomic E-state index is 0.117. The predicted octanol–water partition coefficient (Wildman–Crippen LogP) is 3.63. The number of carbonyl (C=O) groups excluding carboxylic acids is 2. The van der Waals surface area contributed by atoms with Crippen LogP contribution in [0.5, 0.6) is 0 Å². The second kappa shape index (κ2) is 7.97. The summed E-state index contributed by atoms with van der Waals surface area (Å²) in [6, 6.07) is 2.68. The van der Waals surface area contributed by atoms with Crippen molar-refractivity contribution in [3.63, 3.8) is 0 Å². The van der Waals surface area contributed by atoms with Crippen LogP contribution in [0.2, 0.25) is 0 Å². The van der Waals surface area contributed by atoms with E-state index in [1.54, 1.807) is 4.90 Å². The van der Waals surface area contributed by atoms with Gasteiger partial charge in [-0.25, -0.2) is 8.78 Å². The van der Waals surface area contributed by atoms with Gasteiger partial charge in [0.05, 0.1) is 18.8 Å². The molecular formula is C20H20F2N2O3S. The normalized spacial score (nSPS) is 16.6. The number of hydrogen-bond donors (Lipinski definition) is 1. The Morgan fingerprint density at radius 1 is 1.04 bits per heavy atom. The first kappa shape index (κ1) is 19.0. The van der Waals surface area contributed by atoms with Gasteiger partial charge in [0.2, 0.25) is 0 Å². The van der Waals surface area contributed by atoms with E-state index in [2.05, 4.69) is 5.32 Å². The maximum atomic E-state index is 13.5. The molecule has 0 radical (unpaired) electrons. The number of carbonyl (C=O) groups is 2. The summed E-state index contributed by atoms with van der Waals surface area (Å²) in [6.07, 6.45) is 3.70. The number of morpholine rings is 1. The van der Waals surface area contributed by atoms with E-state index in [0.717, 1.165) is 48.3 Å². The second-order valence-corrected chi connectivity index (χ2v) is 8.04. The topological polar surface area (TPSA) is 58.6 Å². The molecule has 2 aliphatic rings. The number of ether oxygens (including phenoxy) is 1. The van der Waals surface area contributed by atoms with E-state index >= 15 is 0 Å². The van der Waals surface area contributed by atoms with E-state index in [0.29, 0.717) is 42.9 Å². The average molecular weight is 406 g/mol. The summed E-state index contributed by atoms with van der Waals surface area (Å²) in [5, 5.41) is 3.18. The van der Waals surface area contributed by atoms with Gasteiger partial charge >= 0.3 is 0 Å². The van der Waals surface area contributed by atoms with Crippen molar-refractivity contribution in [2.75, 3.05) is 31.6 Å². The molecule has 1 aromatic heterocycles. The highest BCUT2D eigenvalue weighted by atomic mass is 32.1. The number of nitrogens with zero attached hydrogens (tertiary/aromatic N) is 1. The summed E-state index contributed by atoms with van der Waals surface area (Å²) >= 11 is 1.39. The maximum absolute atomic E-state index is 13.5. The summed E-state index contributed by atoms with van der Waals surface area (Å²) < 4.78 is 32.3. The van der Waals surface area contributed by atoms with Crippen LogP contribution in [0, 0.1) is 11.6 Å². The molecule has 1 N–H and O–H groups in total. The molecule has 5 nitrogen and oxygen atoms in total. The van der Waals surface area contributed by atoms with Crippen molar-refractivity contribution >= 4 is 28.2 Å². The fraction of sp³-hybridized carbons (Fsp3) is 0.400. The summed E-state index contributed by atoms with van der Waals surface area (Å²) in [6.45, 7) is 1.99. The van der Waals surface area contributed by atoms with Gasteiger partial charge in [-0.3, -0.25) is 9.59 Å². The molecule has 2 heterocycles. The van der Waals surface area contributed by atoms with Crippen LogP contribution in [0.3, 0.4) is 0 Å². The maximum Gasteiger partial charge on any atom is 0.257 e. The van der Waals surface area contributed by atoms with Gasteiger partial charge in [0.25, 0.3) is 11.8 Å². The Bertz CT molecular complexity index is 902. The third-order valence-corrected chi connectivity index (χ3v) is 6.24. The van der Waals surface area contributed by atoms with Crippen LogP contribution in [0.1, 0.15) is 44.0 Å².